The normalized spacial score (nSPS) is 35.6. The van der Waals surface area contributed by atoms with Crippen LogP contribution >= 0.6 is 0 Å². The predicted octanol–water partition coefficient (Wildman–Crippen LogP) is 0.473. The molecular formula is C84H151N3O33. The number of ether oxygens (including phenoxy) is 12. The van der Waals surface area contributed by atoms with E-state index in [0.29, 0.717) is 12.8 Å². The molecule has 0 spiro atoms. The van der Waals surface area contributed by atoms with Crippen molar-refractivity contribution in [3.63, 3.8) is 0 Å². The highest BCUT2D eigenvalue weighted by molar-refractivity contribution is 5.76. The smallest absolute Gasteiger partial charge is 0.220 e. The molecule has 0 aromatic rings. The molecule has 36 nitrogen and oxygen atoms in total. The van der Waals surface area contributed by atoms with E-state index < -0.39 is 254 Å². The van der Waals surface area contributed by atoms with Crippen LogP contribution in [0.1, 0.15) is 246 Å². The Kier molecular flexibility index (Phi) is 51.2. The van der Waals surface area contributed by atoms with Crippen molar-refractivity contribution in [1.29, 1.82) is 0 Å². The van der Waals surface area contributed by atoms with Gasteiger partial charge in [-0.15, -0.1) is 0 Å². The minimum atomic E-state index is -2.26. The van der Waals surface area contributed by atoms with Crippen LogP contribution in [-0.2, 0) is 71.2 Å². The molecule has 0 aromatic carbocycles. The molecule has 3 amide bonds. The minimum absolute atomic E-state index is 0.173. The summed E-state index contributed by atoms with van der Waals surface area (Å²) in [6.45, 7) is 0.0998. The number of carbonyl (C=O) groups is 3. The van der Waals surface area contributed by atoms with Crippen molar-refractivity contribution in [1.82, 2.24) is 16.0 Å². The minimum Gasteiger partial charge on any atom is -0.394 e. The molecule has 6 aliphatic heterocycles. The Balaban J connectivity index is 1.05. The third kappa shape index (κ3) is 33.7. The van der Waals surface area contributed by atoms with Gasteiger partial charge in [0.2, 0.25) is 17.7 Å². The van der Waals surface area contributed by atoms with Crippen LogP contribution in [0.5, 0.6) is 0 Å². The van der Waals surface area contributed by atoms with Crippen molar-refractivity contribution < 1.29 is 163 Å². The van der Waals surface area contributed by atoms with Crippen LogP contribution in [0.15, 0.2) is 24.3 Å². The molecule has 0 radical (unpaired) electrons. The quantitative estimate of drug-likeness (QED) is 0.0291. The topological polar surface area (TPSA) is 562 Å². The summed E-state index contributed by atoms with van der Waals surface area (Å²) in [6, 6.07) is -4.52. The summed E-state index contributed by atoms with van der Waals surface area (Å²) >= 11 is 0. The first-order valence-electron chi connectivity index (χ1n) is 44.6. The van der Waals surface area contributed by atoms with E-state index in [1.165, 1.54) is 148 Å². The number of rotatable bonds is 59. The second-order valence-corrected chi connectivity index (χ2v) is 33.1. The Morgan fingerprint density at radius 2 is 0.625 bits per heavy atom. The zero-order valence-electron chi connectivity index (χ0n) is 70.9. The Bertz CT molecular complexity index is 2800. The first kappa shape index (κ1) is 105. The maximum absolute atomic E-state index is 13.6. The van der Waals surface area contributed by atoms with Crippen molar-refractivity contribution in [2.75, 3.05) is 46.2 Å². The van der Waals surface area contributed by atoms with E-state index in [2.05, 4.69) is 41.9 Å². The Labute approximate surface area is 706 Å². The third-order valence-electron chi connectivity index (χ3n) is 23.4. The van der Waals surface area contributed by atoms with Crippen LogP contribution in [0.3, 0.4) is 0 Å². The molecule has 700 valence electrons. The number of hydrogen-bond donors (Lipinski definition) is 21. The van der Waals surface area contributed by atoms with Crippen molar-refractivity contribution in [2.45, 2.75) is 442 Å². The van der Waals surface area contributed by atoms with E-state index in [9.17, 15) is 106 Å². The Morgan fingerprint density at radius 1 is 0.325 bits per heavy atom. The van der Waals surface area contributed by atoms with Gasteiger partial charge in [0.1, 0.15) is 146 Å². The standard InChI is InChI=1S/C84H151N3O33/c1-5-7-9-11-13-15-17-19-20-21-22-23-24-25-26-27-28-30-32-34-36-38-40-42-60(97)87-52(53(96)41-39-37-35-33-31-29-18-16-14-12-10-8-6-2)49-109-81-70(105)69(104)75(59(48-93)115-81)117-83-71(106)76(64(99)55(44-89)112-83)119-80-62(86-51(4)95)68(103)74(58(47-92)114-80)116-82-73(108)78(66(101)57(46-91)111-82)120-84-72(107)77(65(100)56(45-90)113-84)118-79-61(85-50(3)94)67(102)63(98)54(43-88)110-79/h19-20,39,41,52-59,61-84,88-93,96,98-108H,5-18,21-38,40,42-49H2,1-4H3,(H,85,94)(H,86,95)(H,87,97)/b20-19-,41-39+/t52-,53+,54?,55?,56?,57?,58?,59?,61?,62?,63-,64-,65-,66-,67+,68+,69+,70?,71?,72?,73?,74+,75+,76-,77-,78-,79-,80-,81+,82-,83-,84+/m0/s1. The van der Waals surface area contributed by atoms with Crippen LogP contribution < -0.4 is 16.0 Å². The van der Waals surface area contributed by atoms with E-state index in [-0.39, 0.29) is 12.3 Å². The highest BCUT2D eigenvalue weighted by Crippen LogP contribution is 2.38. The number of unbranched alkanes of at least 4 members (excludes halogenated alkanes) is 30. The lowest BCUT2D eigenvalue weighted by Crippen LogP contribution is -2.70. The number of amides is 3. The van der Waals surface area contributed by atoms with Crippen LogP contribution in [-0.4, -0.2) is 352 Å². The molecule has 6 rings (SSSR count). The SMILES string of the molecule is CCCCCCCC/C=C\CCCCCCCCCCCCCCCC(=O)N[C@@H](CO[C@@H]1OC(CO)[C@@H](O[C@@H]2OC(CO)[C@H](O)[C@H](O[C@@H]3OC(CO)[C@@H](O[C@@H]4OC(CO)[C@H](O)[C@H](O[C@H]5OC(CO)[C@H](O)[C@H](O[C@@H]6OC(CO)[C@H](O)[C@H](O)C6NC(C)=O)C5O)C4O)[C@H](O)C3NC(C)=O)C2O)[C@H](O)C1O)[C@H](O)/C=C/CCCCCCCCCCCCC. The van der Waals surface area contributed by atoms with Gasteiger partial charge in [-0.2, -0.15) is 0 Å². The van der Waals surface area contributed by atoms with Crippen LogP contribution in [0.2, 0.25) is 0 Å². The zero-order valence-corrected chi connectivity index (χ0v) is 70.9. The monoisotopic (exact) mass is 1730 g/mol. The van der Waals surface area contributed by atoms with Crippen molar-refractivity contribution in [3.05, 3.63) is 24.3 Å². The number of hydrogen-bond acceptors (Lipinski definition) is 33. The van der Waals surface area contributed by atoms with E-state index in [1.54, 1.807) is 6.08 Å². The van der Waals surface area contributed by atoms with Gasteiger partial charge in [0.25, 0.3) is 0 Å². The van der Waals surface area contributed by atoms with Gasteiger partial charge in [0, 0.05) is 20.3 Å². The highest BCUT2D eigenvalue weighted by atomic mass is 16.8. The van der Waals surface area contributed by atoms with Crippen molar-refractivity contribution >= 4 is 17.7 Å². The fraction of sp³-hybridized carbons (Fsp3) is 0.917. The molecule has 32 atom stereocenters. The summed E-state index contributed by atoms with van der Waals surface area (Å²) in [6.07, 6.45) is -8.70. The first-order valence-corrected chi connectivity index (χ1v) is 44.6. The average Bonchev–Trinajstić information content (AvgIpc) is 0.768. The van der Waals surface area contributed by atoms with E-state index in [0.717, 1.165) is 65.2 Å². The number of allylic oxidation sites excluding steroid dienone is 3. The van der Waals surface area contributed by atoms with Crippen LogP contribution in [0, 0.1) is 0 Å². The van der Waals surface area contributed by atoms with Gasteiger partial charge < -0.3 is 165 Å². The van der Waals surface area contributed by atoms with Gasteiger partial charge in [-0.25, -0.2) is 0 Å². The van der Waals surface area contributed by atoms with E-state index in [1.807, 2.05) is 6.08 Å². The molecule has 0 aromatic heterocycles. The highest BCUT2D eigenvalue weighted by Gasteiger charge is 2.59. The van der Waals surface area contributed by atoms with E-state index in [4.69, 9.17) is 56.8 Å². The maximum atomic E-state index is 13.6. The van der Waals surface area contributed by atoms with E-state index >= 15 is 0 Å². The molecule has 6 fully saturated rings. The maximum Gasteiger partial charge on any atom is 0.220 e. The second kappa shape index (κ2) is 58.2. The fourth-order valence-corrected chi connectivity index (χ4v) is 16.2. The largest absolute Gasteiger partial charge is 0.394 e. The molecule has 12 unspecified atom stereocenters. The summed E-state index contributed by atoms with van der Waals surface area (Å²) in [5, 5.41) is 209. The van der Waals surface area contributed by atoms with Gasteiger partial charge in [0.15, 0.2) is 37.7 Å². The first-order chi connectivity index (χ1) is 57.8. The lowest BCUT2D eigenvalue weighted by molar-refractivity contribution is -0.390. The molecule has 120 heavy (non-hydrogen) atoms. The lowest BCUT2D eigenvalue weighted by atomic mass is 9.94. The molecule has 6 aliphatic rings. The molecule has 6 heterocycles. The number of carbonyl (C=O) groups excluding carboxylic acids is 3. The fourth-order valence-electron chi connectivity index (χ4n) is 16.2. The van der Waals surface area contributed by atoms with Crippen molar-refractivity contribution in [2.24, 2.45) is 0 Å². The van der Waals surface area contributed by atoms with Gasteiger partial charge in [-0.05, 0) is 44.9 Å². The summed E-state index contributed by atoms with van der Waals surface area (Å²) in [7, 11) is 0. The van der Waals surface area contributed by atoms with Crippen LogP contribution in [0.25, 0.3) is 0 Å². The molecule has 0 saturated carbocycles. The Hall–Kier alpha value is -3.31. The number of nitrogens with one attached hydrogen (secondary N) is 3. The summed E-state index contributed by atoms with van der Waals surface area (Å²) in [5.41, 5.74) is 0. The average molecular weight is 1730 g/mol. The summed E-state index contributed by atoms with van der Waals surface area (Å²) in [4.78, 5) is 38.8. The van der Waals surface area contributed by atoms with Crippen molar-refractivity contribution in [3.8, 4) is 0 Å². The third-order valence-corrected chi connectivity index (χ3v) is 23.4. The molecular weight excluding hydrogens is 1580 g/mol. The van der Waals surface area contributed by atoms with Gasteiger partial charge in [0.05, 0.1) is 58.4 Å². The summed E-state index contributed by atoms with van der Waals surface area (Å²) < 4.78 is 70.8. The predicted molar refractivity (Wildman–Crippen MR) is 431 cm³/mol. The molecule has 0 aliphatic carbocycles. The molecule has 0 bridgehead atoms. The molecule has 21 N–H and O–H groups in total. The van der Waals surface area contributed by atoms with Gasteiger partial charge in [-0.1, -0.05) is 205 Å². The Morgan fingerprint density at radius 3 is 1.00 bits per heavy atom. The zero-order chi connectivity index (χ0) is 87.6. The lowest BCUT2D eigenvalue weighted by Gasteiger charge is -2.50. The van der Waals surface area contributed by atoms with Crippen LogP contribution in [0.4, 0.5) is 0 Å². The second-order valence-electron chi connectivity index (χ2n) is 33.1. The van der Waals surface area contributed by atoms with Gasteiger partial charge in [-0.3, -0.25) is 14.4 Å². The number of aliphatic hydroxyl groups is 18. The summed E-state index contributed by atoms with van der Waals surface area (Å²) in [5.74, 6) is -1.97. The molecule has 6 saturated heterocycles. The van der Waals surface area contributed by atoms with Gasteiger partial charge >= 0.3 is 0 Å². The number of aliphatic hydroxyl groups excluding tert-OH is 18. The molecule has 36 heteroatoms.